The van der Waals surface area contributed by atoms with Crippen LogP contribution in [-0.2, 0) is 4.74 Å². The molecule has 0 aromatic heterocycles. The van der Waals surface area contributed by atoms with Gasteiger partial charge in [-0.25, -0.2) is 0 Å². The van der Waals surface area contributed by atoms with Crippen molar-refractivity contribution in [1.82, 2.24) is 5.32 Å². The molecule has 78 valence electrons. The molecule has 0 aromatic rings. The van der Waals surface area contributed by atoms with Gasteiger partial charge >= 0.3 is 0 Å². The molecule has 1 atom stereocenters. The van der Waals surface area contributed by atoms with E-state index in [0.717, 1.165) is 0 Å². The highest BCUT2D eigenvalue weighted by Crippen LogP contribution is 2.32. The molecule has 1 unspecified atom stereocenters. The molecule has 1 fully saturated rings. The molecule has 0 spiro atoms. The molecule has 0 amide bonds. The molecule has 13 heavy (non-hydrogen) atoms. The molecule has 3 N–H and O–H groups in total. The van der Waals surface area contributed by atoms with Crippen molar-refractivity contribution < 1.29 is 14.9 Å². The molecule has 0 bridgehead atoms. The second-order valence-corrected chi connectivity index (χ2v) is 3.63. The lowest BCUT2D eigenvalue weighted by atomic mass is 10.1. The minimum absolute atomic E-state index is 0.0244. The van der Waals surface area contributed by atoms with E-state index in [4.69, 9.17) is 14.9 Å². The van der Waals surface area contributed by atoms with Gasteiger partial charge in [-0.3, -0.25) is 0 Å². The number of nitrogens with one attached hydrogen (secondary N) is 1. The number of methoxy groups -OCH3 is 1. The summed E-state index contributed by atoms with van der Waals surface area (Å²) in [7, 11) is 1.67. The fourth-order valence-electron chi connectivity index (χ4n) is 1.46. The average Bonchev–Trinajstić information content (AvgIpc) is 2.95. The summed E-state index contributed by atoms with van der Waals surface area (Å²) in [5.74, 6) is 0.667. The van der Waals surface area contributed by atoms with Gasteiger partial charge in [0.05, 0.1) is 25.9 Å². The molecule has 0 radical (unpaired) electrons. The van der Waals surface area contributed by atoms with Crippen LogP contribution in [0.15, 0.2) is 0 Å². The van der Waals surface area contributed by atoms with Gasteiger partial charge in [0.15, 0.2) is 0 Å². The maximum absolute atomic E-state index is 8.88. The maximum Gasteiger partial charge on any atom is 0.0618 e. The van der Waals surface area contributed by atoms with Crippen molar-refractivity contribution in [1.29, 1.82) is 0 Å². The topological polar surface area (TPSA) is 61.7 Å². The van der Waals surface area contributed by atoms with Gasteiger partial charge in [-0.15, -0.1) is 0 Å². The van der Waals surface area contributed by atoms with Crippen molar-refractivity contribution in [2.75, 3.05) is 26.9 Å². The van der Waals surface area contributed by atoms with Gasteiger partial charge in [-0.1, -0.05) is 0 Å². The van der Waals surface area contributed by atoms with E-state index in [9.17, 15) is 0 Å². The highest BCUT2D eigenvalue weighted by molar-refractivity contribution is 4.88. The summed E-state index contributed by atoms with van der Waals surface area (Å²) in [4.78, 5) is 0. The quantitative estimate of drug-likeness (QED) is 0.498. The molecular formula is C9H19NO3. The fourth-order valence-corrected chi connectivity index (χ4v) is 1.46. The predicted octanol–water partition coefficient (Wildman–Crippen LogP) is -0.646. The first kappa shape index (κ1) is 10.9. The summed E-state index contributed by atoms with van der Waals surface area (Å²) in [5.41, 5.74) is 0. The Morgan fingerprint density at radius 3 is 2.38 bits per heavy atom. The molecule has 0 aliphatic heterocycles. The first-order chi connectivity index (χ1) is 6.31. The summed E-state index contributed by atoms with van der Waals surface area (Å²) in [5, 5.41) is 21.0. The second-order valence-electron chi connectivity index (χ2n) is 3.63. The molecule has 4 nitrogen and oxygen atoms in total. The van der Waals surface area contributed by atoms with Gasteiger partial charge in [0.25, 0.3) is 0 Å². The lowest BCUT2D eigenvalue weighted by Crippen LogP contribution is -2.46. The van der Waals surface area contributed by atoms with E-state index in [1.165, 1.54) is 12.8 Å². The van der Waals surface area contributed by atoms with Crippen LogP contribution in [0.5, 0.6) is 0 Å². The van der Waals surface area contributed by atoms with Crippen molar-refractivity contribution in [3.05, 3.63) is 0 Å². The van der Waals surface area contributed by atoms with Crippen LogP contribution in [0.25, 0.3) is 0 Å². The molecule has 0 aromatic carbocycles. The lowest BCUT2D eigenvalue weighted by Gasteiger charge is -2.22. The summed E-state index contributed by atoms with van der Waals surface area (Å²) in [6, 6.07) is 0.0787. The number of hydrogen-bond donors (Lipinski definition) is 3. The Kier molecular flexibility index (Phi) is 4.66. The number of rotatable bonds is 7. The molecule has 0 heterocycles. The van der Waals surface area contributed by atoms with E-state index >= 15 is 0 Å². The molecule has 1 saturated carbocycles. The van der Waals surface area contributed by atoms with Crippen molar-refractivity contribution >= 4 is 0 Å². The number of aliphatic hydroxyl groups is 2. The normalized spacial score (nSPS) is 19.4. The van der Waals surface area contributed by atoms with E-state index in [1.54, 1.807) is 7.11 Å². The molecule has 1 aliphatic rings. The zero-order valence-corrected chi connectivity index (χ0v) is 8.07. The third-order valence-corrected chi connectivity index (χ3v) is 2.43. The third kappa shape index (κ3) is 3.60. The van der Waals surface area contributed by atoms with Crippen molar-refractivity contribution in [2.45, 2.75) is 24.9 Å². The van der Waals surface area contributed by atoms with E-state index in [2.05, 4.69) is 5.32 Å². The lowest BCUT2D eigenvalue weighted by molar-refractivity contribution is 0.118. The van der Waals surface area contributed by atoms with Gasteiger partial charge in [-0.2, -0.15) is 0 Å². The van der Waals surface area contributed by atoms with Crippen LogP contribution in [0.1, 0.15) is 12.8 Å². The fraction of sp³-hybridized carbons (Fsp3) is 1.00. The van der Waals surface area contributed by atoms with Gasteiger partial charge in [0.2, 0.25) is 0 Å². The van der Waals surface area contributed by atoms with Crippen LogP contribution in [0.4, 0.5) is 0 Å². The predicted molar refractivity (Wildman–Crippen MR) is 49.5 cm³/mol. The summed E-state index contributed by atoms with van der Waals surface area (Å²) in [6.07, 6.45) is 2.45. The van der Waals surface area contributed by atoms with Gasteiger partial charge < -0.3 is 20.3 Å². The zero-order valence-electron chi connectivity index (χ0n) is 8.07. The van der Waals surface area contributed by atoms with Crippen molar-refractivity contribution in [3.63, 3.8) is 0 Å². The summed E-state index contributed by atoms with van der Waals surface area (Å²) in [6.45, 7) is 0.605. The van der Waals surface area contributed by atoms with E-state index < -0.39 is 0 Å². The van der Waals surface area contributed by atoms with E-state index in [0.29, 0.717) is 12.5 Å². The molecule has 0 saturated heterocycles. The number of aliphatic hydroxyl groups excluding tert-OH is 2. The Morgan fingerprint density at radius 1 is 1.38 bits per heavy atom. The van der Waals surface area contributed by atoms with Gasteiger partial charge in [0.1, 0.15) is 0 Å². The summed E-state index contributed by atoms with van der Waals surface area (Å²) < 4.78 is 5.07. The minimum Gasteiger partial charge on any atom is -0.395 e. The highest BCUT2D eigenvalue weighted by Gasteiger charge is 2.32. The largest absolute Gasteiger partial charge is 0.395 e. The smallest absolute Gasteiger partial charge is 0.0618 e. The van der Waals surface area contributed by atoms with Gasteiger partial charge in [-0.05, 0) is 18.8 Å². The molecule has 1 rings (SSSR count). The van der Waals surface area contributed by atoms with Crippen LogP contribution < -0.4 is 5.32 Å². The first-order valence-corrected chi connectivity index (χ1v) is 4.78. The molecular weight excluding hydrogens is 170 g/mol. The maximum atomic E-state index is 8.88. The number of hydrogen-bond acceptors (Lipinski definition) is 4. The third-order valence-electron chi connectivity index (χ3n) is 2.43. The Morgan fingerprint density at radius 2 is 2.00 bits per heavy atom. The zero-order chi connectivity index (χ0) is 9.68. The average molecular weight is 189 g/mol. The van der Waals surface area contributed by atoms with Gasteiger partial charge in [0, 0.05) is 13.2 Å². The molecule has 4 heteroatoms. The second kappa shape index (κ2) is 5.54. The van der Waals surface area contributed by atoms with Crippen molar-refractivity contribution in [2.24, 2.45) is 5.92 Å². The highest BCUT2D eigenvalue weighted by atomic mass is 16.5. The van der Waals surface area contributed by atoms with E-state index in [1.807, 2.05) is 0 Å². The minimum atomic E-state index is -0.208. The Labute approximate surface area is 78.9 Å². The Hall–Kier alpha value is -0.160. The Bertz CT molecular complexity index is 135. The van der Waals surface area contributed by atoms with Crippen LogP contribution in [-0.4, -0.2) is 49.2 Å². The Balaban J connectivity index is 2.27. The van der Waals surface area contributed by atoms with Crippen LogP contribution in [0.2, 0.25) is 0 Å². The van der Waals surface area contributed by atoms with Crippen LogP contribution >= 0.6 is 0 Å². The van der Waals surface area contributed by atoms with E-state index in [-0.39, 0.29) is 25.3 Å². The standard InChI is InChI=1S/C9H19NO3/c1-13-6-9(7-2-3-7)10-8(4-11)5-12/h7-12H,2-6H2,1H3. The van der Waals surface area contributed by atoms with Crippen LogP contribution in [0.3, 0.4) is 0 Å². The number of ether oxygens (including phenoxy) is 1. The monoisotopic (exact) mass is 189 g/mol. The molecule has 1 aliphatic carbocycles. The van der Waals surface area contributed by atoms with Crippen LogP contribution in [0, 0.1) is 5.92 Å². The van der Waals surface area contributed by atoms with Crippen molar-refractivity contribution in [3.8, 4) is 0 Å². The SMILES string of the molecule is COCC(NC(CO)CO)C1CC1. The first-order valence-electron chi connectivity index (χ1n) is 4.78. The summed E-state index contributed by atoms with van der Waals surface area (Å²) >= 11 is 0.